The summed E-state index contributed by atoms with van der Waals surface area (Å²) in [4.78, 5) is 27.0. The first-order chi connectivity index (χ1) is 12.5. The lowest BCUT2D eigenvalue weighted by molar-refractivity contribution is -0.138. The number of hydrogen-bond acceptors (Lipinski definition) is 5. The van der Waals surface area contributed by atoms with Crippen molar-refractivity contribution in [1.29, 1.82) is 0 Å². The largest absolute Gasteiger partial charge is 0.480 e. The third-order valence-electron chi connectivity index (χ3n) is 4.23. The molecule has 1 saturated heterocycles. The van der Waals surface area contributed by atoms with Gasteiger partial charge in [-0.15, -0.1) is 0 Å². The molecule has 1 aliphatic rings. The van der Waals surface area contributed by atoms with Gasteiger partial charge in [0.25, 0.3) is 5.91 Å². The van der Waals surface area contributed by atoms with E-state index in [0.29, 0.717) is 31.8 Å². The van der Waals surface area contributed by atoms with Gasteiger partial charge in [0.15, 0.2) is 0 Å². The summed E-state index contributed by atoms with van der Waals surface area (Å²) in [5.41, 5.74) is 1.50. The summed E-state index contributed by atoms with van der Waals surface area (Å²) in [6.45, 7) is 1.84. The Balaban J connectivity index is 1.61. The molecule has 1 fully saturated rings. The summed E-state index contributed by atoms with van der Waals surface area (Å²) in [5, 5.41) is 13.0. The van der Waals surface area contributed by atoms with Crippen molar-refractivity contribution < 1.29 is 19.4 Å². The molecule has 1 N–H and O–H groups in total. The summed E-state index contributed by atoms with van der Waals surface area (Å²) >= 11 is 0. The molecule has 2 aromatic rings. The lowest BCUT2D eigenvalue weighted by atomic mass is 10.1. The Labute approximate surface area is 151 Å². The predicted molar refractivity (Wildman–Crippen MR) is 94.3 cm³/mol. The number of aromatic nitrogens is 2. The highest BCUT2D eigenvalue weighted by Crippen LogP contribution is 2.14. The normalized spacial score (nSPS) is 17.5. The highest BCUT2D eigenvalue weighted by atomic mass is 16.5. The van der Waals surface area contributed by atoms with Crippen molar-refractivity contribution in [3.05, 3.63) is 48.3 Å². The maximum atomic E-state index is 12.7. The van der Waals surface area contributed by atoms with E-state index in [0.717, 1.165) is 5.69 Å². The third-order valence-corrected chi connectivity index (χ3v) is 4.23. The van der Waals surface area contributed by atoms with Crippen molar-refractivity contribution in [1.82, 2.24) is 19.6 Å². The van der Waals surface area contributed by atoms with Crippen molar-refractivity contribution in [3.63, 3.8) is 0 Å². The first-order valence-electron chi connectivity index (χ1n) is 8.44. The minimum absolute atomic E-state index is 0.0498. The van der Waals surface area contributed by atoms with Gasteiger partial charge in [0.05, 0.1) is 24.9 Å². The highest BCUT2D eigenvalue weighted by Gasteiger charge is 2.26. The Bertz CT molecular complexity index is 745. The topological polar surface area (TPSA) is 87.9 Å². The maximum Gasteiger partial charge on any atom is 0.317 e. The monoisotopic (exact) mass is 358 g/mol. The lowest BCUT2D eigenvalue weighted by Crippen LogP contribution is -2.49. The Morgan fingerprint density at radius 3 is 2.77 bits per heavy atom. The number of carboxylic acids is 1. The molecule has 0 radical (unpaired) electrons. The van der Waals surface area contributed by atoms with E-state index >= 15 is 0 Å². The van der Waals surface area contributed by atoms with Gasteiger partial charge in [-0.05, 0) is 37.4 Å². The molecular formula is C18H22N4O4. The average molecular weight is 358 g/mol. The van der Waals surface area contributed by atoms with Crippen LogP contribution in [-0.2, 0) is 9.53 Å². The summed E-state index contributed by atoms with van der Waals surface area (Å²) in [6.07, 6.45) is 3.35. The Kier molecular flexibility index (Phi) is 5.65. The van der Waals surface area contributed by atoms with Crippen LogP contribution < -0.4 is 0 Å². The number of ether oxygens (including phenoxy) is 1. The Morgan fingerprint density at radius 1 is 1.35 bits per heavy atom. The number of carbonyl (C=O) groups excluding carboxylic acids is 1. The van der Waals surface area contributed by atoms with Gasteiger partial charge in [0, 0.05) is 37.6 Å². The molecule has 138 valence electrons. The van der Waals surface area contributed by atoms with Crippen LogP contribution in [0.5, 0.6) is 0 Å². The molecule has 3 rings (SSSR count). The van der Waals surface area contributed by atoms with Gasteiger partial charge in [0.2, 0.25) is 0 Å². The van der Waals surface area contributed by atoms with Crippen LogP contribution in [0, 0.1) is 0 Å². The molecule has 8 heteroatoms. The number of carbonyl (C=O) groups is 2. The van der Waals surface area contributed by atoms with Crippen LogP contribution in [0.1, 0.15) is 10.4 Å². The second-order valence-electron chi connectivity index (χ2n) is 6.33. The van der Waals surface area contributed by atoms with Crippen molar-refractivity contribution >= 4 is 11.9 Å². The number of rotatable bonds is 6. The minimum atomic E-state index is -0.881. The fourth-order valence-corrected chi connectivity index (χ4v) is 3.02. The van der Waals surface area contributed by atoms with E-state index < -0.39 is 5.97 Å². The molecule has 1 aromatic heterocycles. The van der Waals surface area contributed by atoms with Crippen LogP contribution in [0.2, 0.25) is 0 Å². The fourth-order valence-electron chi connectivity index (χ4n) is 3.02. The molecule has 1 aliphatic heterocycles. The van der Waals surface area contributed by atoms with Crippen LogP contribution in [-0.4, -0.2) is 82.5 Å². The number of amides is 1. The van der Waals surface area contributed by atoms with Gasteiger partial charge in [-0.25, -0.2) is 4.68 Å². The van der Waals surface area contributed by atoms with Crippen LogP contribution >= 0.6 is 0 Å². The van der Waals surface area contributed by atoms with E-state index in [9.17, 15) is 9.59 Å². The molecule has 0 saturated carbocycles. The number of likely N-dealkylation sites (N-methyl/N-ethyl adjacent to an activating group) is 1. The molecule has 0 spiro atoms. The molecule has 1 atom stereocenters. The molecule has 2 heterocycles. The molecule has 1 unspecified atom stereocenters. The minimum Gasteiger partial charge on any atom is -0.480 e. The van der Waals surface area contributed by atoms with Crippen LogP contribution in [0.3, 0.4) is 0 Å². The van der Waals surface area contributed by atoms with Crippen LogP contribution in [0.4, 0.5) is 0 Å². The second-order valence-corrected chi connectivity index (χ2v) is 6.33. The van der Waals surface area contributed by atoms with Gasteiger partial charge in [-0.2, -0.15) is 5.10 Å². The van der Waals surface area contributed by atoms with Crippen molar-refractivity contribution in [2.45, 2.75) is 6.10 Å². The average Bonchev–Trinajstić information content (AvgIpc) is 3.15. The molecule has 1 aromatic carbocycles. The number of hydrogen-bond donors (Lipinski definition) is 1. The molecule has 0 aliphatic carbocycles. The van der Waals surface area contributed by atoms with Crippen molar-refractivity contribution in [2.75, 3.05) is 39.8 Å². The molecule has 26 heavy (non-hydrogen) atoms. The summed E-state index contributed by atoms with van der Waals surface area (Å²) in [5.74, 6) is -0.931. The van der Waals surface area contributed by atoms with Gasteiger partial charge in [-0.1, -0.05) is 0 Å². The summed E-state index contributed by atoms with van der Waals surface area (Å²) < 4.78 is 7.41. The number of nitrogens with zero attached hydrogens (tertiary/aromatic N) is 4. The van der Waals surface area contributed by atoms with Gasteiger partial charge in [0.1, 0.15) is 0 Å². The predicted octanol–water partition coefficient (Wildman–Crippen LogP) is 0.730. The van der Waals surface area contributed by atoms with E-state index in [-0.39, 0.29) is 18.6 Å². The van der Waals surface area contributed by atoms with Gasteiger partial charge < -0.3 is 14.7 Å². The van der Waals surface area contributed by atoms with E-state index in [4.69, 9.17) is 9.84 Å². The van der Waals surface area contributed by atoms with Gasteiger partial charge in [-0.3, -0.25) is 14.5 Å². The molecule has 0 bridgehead atoms. The number of carboxylic acid groups (broad SMARTS) is 1. The van der Waals surface area contributed by atoms with Crippen molar-refractivity contribution in [3.8, 4) is 5.69 Å². The van der Waals surface area contributed by atoms with Crippen LogP contribution in [0.25, 0.3) is 5.69 Å². The first-order valence-corrected chi connectivity index (χ1v) is 8.44. The van der Waals surface area contributed by atoms with Gasteiger partial charge >= 0.3 is 5.97 Å². The highest BCUT2D eigenvalue weighted by molar-refractivity contribution is 5.94. The quantitative estimate of drug-likeness (QED) is 0.819. The zero-order chi connectivity index (χ0) is 18.5. The van der Waals surface area contributed by atoms with Crippen LogP contribution in [0.15, 0.2) is 42.7 Å². The molecule has 8 nitrogen and oxygen atoms in total. The van der Waals surface area contributed by atoms with E-state index in [2.05, 4.69) is 5.10 Å². The van der Waals surface area contributed by atoms with E-state index in [1.807, 2.05) is 24.4 Å². The zero-order valence-electron chi connectivity index (χ0n) is 14.6. The van der Waals surface area contributed by atoms with E-state index in [1.165, 1.54) is 0 Å². The smallest absolute Gasteiger partial charge is 0.317 e. The van der Waals surface area contributed by atoms with E-state index in [1.54, 1.807) is 39.9 Å². The zero-order valence-corrected chi connectivity index (χ0v) is 14.6. The van der Waals surface area contributed by atoms with Crippen molar-refractivity contribution in [2.24, 2.45) is 0 Å². The fraction of sp³-hybridized carbons (Fsp3) is 0.389. The molecule has 1 amide bonds. The SMILES string of the molecule is CN(CC(=O)O)CC1CN(C(=O)c2ccc(-n3cccn3)cc2)CCO1. The summed E-state index contributed by atoms with van der Waals surface area (Å²) in [6, 6.07) is 9.15. The number of aliphatic carboxylic acids is 1. The first kappa shape index (κ1) is 18.1. The summed E-state index contributed by atoms with van der Waals surface area (Å²) in [7, 11) is 1.73. The number of benzene rings is 1. The number of morpholine rings is 1. The Hall–Kier alpha value is -2.71. The molecular weight excluding hydrogens is 336 g/mol. The maximum absolute atomic E-state index is 12.7. The second kappa shape index (κ2) is 8.11. The third kappa shape index (κ3) is 4.47. The Morgan fingerprint density at radius 2 is 2.12 bits per heavy atom. The lowest BCUT2D eigenvalue weighted by Gasteiger charge is -2.34. The standard InChI is InChI=1S/C18H22N4O4/c1-20(13-17(23)24)11-16-12-21(9-10-26-16)18(25)14-3-5-15(6-4-14)22-8-2-7-19-22/h2-8,16H,9-13H2,1H3,(H,23,24).